The van der Waals surface area contributed by atoms with Gasteiger partial charge in [0, 0.05) is 23.3 Å². The van der Waals surface area contributed by atoms with Crippen LogP contribution in [0.4, 0.5) is 5.69 Å². The van der Waals surface area contributed by atoms with Gasteiger partial charge in [0.05, 0.1) is 5.56 Å². The molecule has 0 aliphatic carbocycles. The lowest BCUT2D eigenvalue weighted by Crippen LogP contribution is -2.36. The molecule has 0 spiro atoms. The van der Waals surface area contributed by atoms with Crippen molar-refractivity contribution in [3.8, 4) is 0 Å². The topological polar surface area (TPSA) is 46.3 Å². The predicted octanol–water partition coefficient (Wildman–Crippen LogP) is 3.97. The summed E-state index contributed by atoms with van der Waals surface area (Å²) in [6, 6.07) is 14.7. The van der Waals surface area contributed by atoms with E-state index >= 15 is 0 Å². The second-order valence-electron chi connectivity index (χ2n) is 5.24. The fraction of sp³-hybridized carbons (Fsp3) is 0.235. The molecule has 0 atom stereocenters. The van der Waals surface area contributed by atoms with Gasteiger partial charge in [-0.1, -0.05) is 35.9 Å². The highest BCUT2D eigenvalue weighted by molar-refractivity contribution is 6.30. The number of carbonyl (C=O) groups excluding carboxylic acids is 1. The van der Waals surface area contributed by atoms with Crippen molar-refractivity contribution in [2.24, 2.45) is 0 Å². The first kappa shape index (κ1) is 15.4. The Kier molecular flexibility index (Phi) is 4.86. The second-order valence-corrected chi connectivity index (χ2v) is 5.68. The number of hydrogen-bond donors (Lipinski definition) is 1. The smallest absolute Gasteiger partial charge is 0.256 e. The van der Waals surface area contributed by atoms with Gasteiger partial charge >= 0.3 is 0 Å². The minimum absolute atomic E-state index is 0.0658. The molecule has 2 rings (SSSR count). The largest absolute Gasteiger partial charge is 0.398 e. The summed E-state index contributed by atoms with van der Waals surface area (Å²) in [6.45, 7) is 4.48. The molecule has 3 nitrogen and oxygen atoms in total. The summed E-state index contributed by atoms with van der Waals surface area (Å²) in [5.41, 5.74) is 7.94. The quantitative estimate of drug-likeness (QED) is 0.869. The van der Waals surface area contributed by atoms with Crippen LogP contribution in [-0.4, -0.2) is 16.8 Å². The van der Waals surface area contributed by atoms with Crippen molar-refractivity contribution in [3.05, 3.63) is 64.7 Å². The molecule has 0 unspecified atom stereocenters. The van der Waals surface area contributed by atoms with E-state index in [9.17, 15) is 4.79 Å². The third-order valence-electron chi connectivity index (χ3n) is 3.32. The van der Waals surface area contributed by atoms with Gasteiger partial charge in [-0.2, -0.15) is 0 Å². The van der Waals surface area contributed by atoms with Gasteiger partial charge in [0.2, 0.25) is 0 Å². The van der Waals surface area contributed by atoms with Gasteiger partial charge in [0.25, 0.3) is 5.91 Å². The lowest BCUT2D eigenvalue weighted by molar-refractivity contribution is 0.0691. The minimum atomic E-state index is -0.0666. The van der Waals surface area contributed by atoms with Gasteiger partial charge in [-0.05, 0) is 43.7 Å². The van der Waals surface area contributed by atoms with E-state index in [2.05, 4.69) is 0 Å². The molecule has 1 amide bonds. The molecule has 4 heteroatoms. The van der Waals surface area contributed by atoms with E-state index in [4.69, 9.17) is 17.3 Å². The predicted molar refractivity (Wildman–Crippen MR) is 87.3 cm³/mol. The highest BCUT2D eigenvalue weighted by Crippen LogP contribution is 2.19. The second kappa shape index (κ2) is 6.64. The van der Waals surface area contributed by atoms with Crippen LogP contribution in [0.15, 0.2) is 48.5 Å². The lowest BCUT2D eigenvalue weighted by atomic mass is 10.1. The normalized spacial score (nSPS) is 10.7. The van der Waals surface area contributed by atoms with E-state index in [1.54, 1.807) is 17.0 Å². The number of anilines is 1. The molecular formula is C17H19ClN2O. The van der Waals surface area contributed by atoms with Crippen molar-refractivity contribution in [3.63, 3.8) is 0 Å². The van der Waals surface area contributed by atoms with Gasteiger partial charge in [-0.15, -0.1) is 0 Å². The Hall–Kier alpha value is -2.00. The Balaban J connectivity index is 2.27. The molecule has 0 aliphatic rings. The van der Waals surface area contributed by atoms with Crippen molar-refractivity contribution in [1.29, 1.82) is 0 Å². The van der Waals surface area contributed by atoms with Crippen LogP contribution in [-0.2, 0) is 6.54 Å². The molecule has 2 N–H and O–H groups in total. The molecule has 0 saturated carbocycles. The molecule has 21 heavy (non-hydrogen) atoms. The fourth-order valence-electron chi connectivity index (χ4n) is 2.17. The first-order valence-corrected chi connectivity index (χ1v) is 7.26. The Morgan fingerprint density at radius 2 is 1.90 bits per heavy atom. The molecule has 110 valence electrons. The van der Waals surface area contributed by atoms with Gasteiger partial charge in [0.15, 0.2) is 0 Å². The molecule has 0 fully saturated rings. The number of rotatable bonds is 4. The highest BCUT2D eigenvalue weighted by Gasteiger charge is 2.20. The molecule has 0 heterocycles. The molecule has 2 aromatic carbocycles. The van der Waals surface area contributed by atoms with E-state index in [0.29, 0.717) is 22.8 Å². The van der Waals surface area contributed by atoms with Crippen molar-refractivity contribution in [2.45, 2.75) is 26.4 Å². The van der Waals surface area contributed by atoms with Crippen LogP contribution in [0.1, 0.15) is 29.8 Å². The standard InChI is InChI=1S/C17H19ClN2O/c1-12(2)20(11-13-6-5-7-14(18)10-13)17(21)15-8-3-4-9-16(15)19/h3-10,12H,11,19H2,1-2H3. The average Bonchev–Trinajstić information content (AvgIpc) is 2.44. The van der Waals surface area contributed by atoms with E-state index in [0.717, 1.165) is 5.56 Å². The van der Waals surface area contributed by atoms with Gasteiger partial charge < -0.3 is 10.6 Å². The zero-order chi connectivity index (χ0) is 15.4. The Morgan fingerprint density at radius 3 is 2.52 bits per heavy atom. The van der Waals surface area contributed by atoms with Gasteiger partial charge in [-0.3, -0.25) is 4.79 Å². The number of carbonyl (C=O) groups is 1. The van der Waals surface area contributed by atoms with Crippen LogP contribution in [0.25, 0.3) is 0 Å². The summed E-state index contributed by atoms with van der Waals surface area (Å²) in [7, 11) is 0. The highest BCUT2D eigenvalue weighted by atomic mass is 35.5. The summed E-state index contributed by atoms with van der Waals surface area (Å²) >= 11 is 6.01. The molecular weight excluding hydrogens is 284 g/mol. The number of amides is 1. The number of nitrogen functional groups attached to an aromatic ring is 1. The van der Waals surface area contributed by atoms with E-state index in [1.807, 2.05) is 50.2 Å². The number of halogens is 1. The van der Waals surface area contributed by atoms with E-state index in [-0.39, 0.29) is 11.9 Å². The Morgan fingerprint density at radius 1 is 1.19 bits per heavy atom. The van der Waals surface area contributed by atoms with Crippen LogP contribution in [0.5, 0.6) is 0 Å². The van der Waals surface area contributed by atoms with Gasteiger partial charge in [-0.25, -0.2) is 0 Å². The molecule has 2 aromatic rings. The van der Waals surface area contributed by atoms with Crippen molar-refractivity contribution in [1.82, 2.24) is 4.90 Å². The summed E-state index contributed by atoms with van der Waals surface area (Å²) in [5.74, 6) is -0.0666. The lowest BCUT2D eigenvalue weighted by Gasteiger charge is -2.27. The number of nitrogens with zero attached hydrogens (tertiary/aromatic N) is 1. The first-order valence-electron chi connectivity index (χ1n) is 6.89. The fourth-order valence-corrected chi connectivity index (χ4v) is 2.38. The third-order valence-corrected chi connectivity index (χ3v) is 3.55. The maximum atomic E-state index is 12.7. The third kappa shape index (κ3) is 3.76. The monoisotopic (exact) mass is 302 g/mol. The maximum Gasteiger partial charge on any atom is 0.256 e. The summed E-state index contributed by atoms with van der Waals surface area (Å²) < 4.78 is 0. The minimum Gasteiger partial charge on any atom is -0.398 e. The SMILES string of the molecule is CC(C)N(Cc1cccc(Cl)c1)C(=O)c1ccccc1N. The van der Waals surface area contributed by atoms with Gasteiger partial charge in [0.1, 0.15) is 0 Å². The van der Waals surface area contributed by atoms with Crippen molar-refractivity contribution < 1.29 is 4.79 Å². The van der Waals surface area contributed by atoms with Crippen LogP contribution in [0.2, 0.25) is 5.02 Å². The molecule has 0 aliphatic heterocycles. The Labute approximate surface area is 130 Å². The van der Waals surface area contributed by atoms with Crippen molar-refractivity contribution >= 4 is 23.2 Å². The van der Waals surface area contributed by atoms with Crippen molar-refractivity contribution in [2.75, 3.05) is 5.73 Å². The van der Waals surface area contributed by atoms with Crippen LogP contribution >= 0.6 is 11.6 Å². The van der Waals surface area contributed by atoms with E-state index < -0.39 is 0 Å². The van der Waals surface area contributed by atoms with Crippen LogP contribution in [0.3, 0.4) is 0 Å². The average molecular weight is 303 g/mol. The molecule has 0 radical (unpaired) electrons. The van der Waals surface area contributed by atoms with Crippen LogP contribution < -0.4 is 5.73 Å². The summed E-state index contributed by atoms with van der Waals surface area (Å²) in [4.78, 5) is 14.5. The number of hydrogen-bond acceptors (Lipinski definition) is 2. The number of benzene rings is 2. The molecule has 0 saturated heterocycles. The Bertz CT molecular complexity index is 640. The molecule has 0 aromatic heterocycles. The summed E-state index contributed by atoms with van der Waals surface area (Å²) in [5, 5.41) is 0.669. The number of para-hydroxylation sites is 1. The summed E-state index contributed by atoms with van der Waals surface area (Å²) in [6.07, 6.45) is 0. The first-order chi connectivity index (χ1) is 9.99. The van der Waals surface area contributed by atoms with Crippen LogP contribution in [0, 0.1) is 0 Å². The zero-order valence-electron chi connectivity index (χ0n) is 12.2. The van der Waals surface area contributed by atoms with E-state index in [1.165, 1.54) is 0 Å². The maximum absolute atomic E-state index is 12.7. The number of nitrogens with two attached hydrogens (primary N) is 1. The molecule has 0 bridgehead atoms. The zero-order valence-corrected chi connectivity index (χ0v) is 13.0.